The van der Waals surface area contributed by atoms with Crippen LogP contribution < -0.4 is 11.1 Å². The van der Waals surface area contributed by atoms with Crippen molar-refractivity contribution >= 4 is 11.6 Å². The first-order valence-electron chi connectivity index (χ1n) is 5.71. The van der Waals surface area contributed by atoms with Crippen molar-refractivity contribution in [3.63, 3.8) is 0 Å². The Bertz CT molecular complexity index is 343. The number of nitrogens with two attached hydrogens (primary N) is 1. The molecule has 1 atom stereocenters. The van der Waals surface area contributed by atoms with Crippen LogP contribution in [0, 0.1) is 5.92 Å². The third-order valence-corrected chi connectivity index (χ3v) is 2.77. The van der Waals surface area contributed by atoms with Gasteiger partial charge in [-0.15, -0.1) is 0 Å². The summed E-state index contributed by atoms with van der Waals surface area (Å²) in [6, 6.07) is 7.74. The molecule has 0 heterocycles. The minimum atomic E-state index is -0.387. The third kappa shape index (κ3) is 3.26. The lowest BCUT2D eigenvalue weighted by molar-refractivity contribution is 0.100. The predicted octanol–water partition coefficient (Wildman–Crippen LogP) is 2.63. The summed E-state index contributed by atoms with van der Waals surface area (Å²) in [6.45, 7) is 6.55. The van der Waals surface area contributed by atoms with Crippen molar-refractivity contribution in [2.24, 2.45) is 11.7 Å². The molecule has 16 heavy (non-hydrogen) atoms. The molecule has 3 N–H and O–H groups in total. The molecule has 1 aromatic rings. The highest BCUT2D eigenvalue weighted by Gasteiger charge is 2.10. The minimum absolute atomic E-state index is 0.387. The molecular weight excluding hydrogens is 200 g/mol. The summed E-state index contributed by atoms with van der Waals surface area (Å²) in [4.78, 5) is 10.9. The molecule has 0 saturated carbocycles. The van der Waals surface area contributed by atoms with Crippen LogP contribution in [0.3, 0.4) is 0 Å². The molecule has 3 nitrogen and oxygen atoms in total. The Hall–Kier alpha value is -1.51. The van der Waals surface area contributed by atoms with Crippen LogP contribution in [-0.2, 0) is 0 Å². The number of primary amides is 1. The number of carbonyl (C=O) groups excluding carboxylic acids is 1. The average molecular weight is 220 g/mol. The van der Waals surface area contributed by atoms with E-state index in [9.17, 15) is 4.79 Å². The first-order valence-corrected chi connectivity index (χ1v) is 5.71. The van der Waals surface area contributed by atoms with E-state index in [1.165, 1.54) is 0 Å². The van der Waals surface area contributed by atoms with Crippen LogP contribution in [0.4, 0.5) is 5.69 Å². The van der Waals surface area contributed by atoms with Gasteiger partial charge in [0.1, 0.15) is 0 Å². The van der Waals surface area contributed by atoms with E-state index in [4.69, 9.17) is 5.73 Å². The molecule has 1 rings (SSSR count). The van der Waals surface area contributed by atoms with Gasteiger partial charge in [0, 0.05) is 17.3 Å². The highest BCUT2D eigenvalue weighted by molar-refractivity contribution is 5.93. The molecule has 0 bridgehead atoms. The number of amides is 1. The number of carbonyl (C=O) groups is 1. The Morgan fingerprint density at radius 2 is 1.88 bits per heavy atom. The number of anilines is 1. The number of hydrogen-bond donors (Lipinski definition) is 2. The van der Waals surface area contributed by atoms with Crippen LogP contribution >= 0.6 is 0 Å². The van der Waals surface area contributed by atoms with Crippen molar-refractivity contribution in [2.45, 2.75) is 33.2 Å². The zero-order valence-corrected chi connectivity index (χ0v) is 10.2. The maximum atomic E-state index is 10.9. The zero-order valence-electron chi connectivity index (χ0n) is 10.2. The number of rotatable bonds is 5. The van der Waals surface area contributed by atoms with Crippen molar-refractivity contribution < 1.29 is 4.79 Å². The van der Waals surface area contributed by atoms with Gasteiger partial charge in [-0.1, -0.05) is 20.8 Å². The SMILES string of the molecule is CCC(Nc1ccc(C(N)=O)cc1)C(C)C. The van der Waals surface area contributed by atoms with E-state index in [1.54, 1.807) is 12.1 Å². The Labute approximate surface area is 97.0 Å². The molecule has 0 aliphatic heterocycles. The molecule has 1 aromatic carbocycles. The van der Waals surface area contributed by atoms with Gasteiger partial charge in [-0.2, -0.15) is 0 Å². The quantitative estimate of drug-likeness (QED) is 0.801. The molecule has 0 radical (unpaired) electrons. The smallest absolute Gasteiger partial charge is 0.248 e. The van der Waals surface area contributed by atoms with Crippen LogP contribution in [0.2, 0.25) is 0 Å². The molecule has 88 valence electrons. The van der Waals surface area contributed by atoms with Gasteiger partial charge < -0.3 is 11.1 Å². The van der Waals surface area contributed by atoms with Gasteiger partial charge in [0.05, 0.1) is 0 Å². The monoisotopic (exact) mass is 220 g/mol. The second-order valence-corrected chi connectivity index (χ2v) is 4.34. The molecule has 3 heteroatoms. The first kappa shape index (κ1) is 12.6. The summed E-state index contributed by atoms with van der Waals surface area (Å²) in [6.07, 6.45) is 1.08. The summed E-state index contributed by atoms with van der Waals surface area (Å²) in [7, 11) is 0. The lowest BCUT2D eigenvalue weighted by Gasteiger charge is -2.22. The molecule has 0 aromatic heterocycles. The molecule has 0 fully saturated rings. The second kappa shape index (κ2) is 5.54. The van der Waals surface area contributed by atoms with Crippen molar-refractivity contribution in [3.05, 3.63) is 29.8 Å². The molecular formula is C13H20N2O. The molecule has 0 saturated heterocycles. The van der Waals surface area contributed by atoms with Crippen LogP contribution in [0.15, 0.2) is 24.3 Å². The average Bonchev–Trinajstić information content (AvgIpc) is 2.26. The van der Waals surface area contributed by atoms with E-state index >= 15 is 0 Å². The van der Waals surface area contributed by atoms with Gasteiger partial charge in [-0.3, -0.25) is 4.79 Å². The lowest BCUT2D eigenvalue weighted by Crippen LogP contribution is -2.24. The molecule has 1 unspecified atom stereocenters. The van der Waals surface area contributed by atoms with Gasteiger partial charge in [0.25, 0.3) is 0 Å². The standard InChI is InChI=1S/C13H20N2O/c1-4-12(9(2)3)15-11-7-5-10(6-8-11)13(14)16/h5-9,12,15H,4H2,1-3H3,(H2,14,16). The number of benzene rings is 1. The predicted molar refractivity (Wildman–Crippen MR) is 67.5 cm³/mol. The van der Waals surface area contributed by atoms with Crippen molar-refractivity contribution in [2.75, 3.05) is 5.32 Å². The highest BCUT2D eigenvalue weighted by Crippen LogP contribution is 2.15. The van der Waals surface area contributed by atoms with Crippen molar-refractivity contribution in [1.29, 1.82) is 0 Å². The fraction of sp³-hybridized carbons (Fsp3) is 0.462. The molecule has 0 spiro atoms. The maximum Gasteiger partial charge on any atom is 0.248 e. The van der Waals surface area contributed by atoms with E-state index in [-0.39, 0.29) is 5.91 Å². The Kier molecular flexibility index (Phi) is 4.35. The zero-order chi connectivity index (χ0) is 12.1. The van der Waals surface area contributed by atoms with E-state index in [2.05, 4.69) is 26.1 Å². The van der Waals surface area contributed by atoms with Crippen molar-refractivity contribution in [1.82, 2.24) is 0 Å². The normalized spacial score (nSPS) is 12.5. The van der Waals surface area contributed by atoms with Crippen molar-refractivity contribution in [3.8, 4) is 0 Å². The number of nitrogens with one attached hydrogen (secondary N) is 1. The number of hydrogen-bond acceptors (Lipinski definition) is 2. The fourth-order valence-corrected chi connectivity index (χ4v) is 1.68. The van der Waals surface area contributed by atoms with E-state index in [0.717, 1.165) is 12.1 Å². The van der Waals surface area contributed by atoms with E-state index < -0.39 is 0 Å². The van der Waals surface area contributed by atoms with Crippen LogP contribution in [0.5, 0.6) is 0 Å². The summed E-state index contributed by atoms with van der Waals surface area (Å²) in [5.74, 6) is 0.197. The van der Waals surface area contributed by atoms with Crippen LogP contribution in [-0.4, -0.2) is 11.9 Å². The van der Waals surface area contributed by atoms with E-state index in [1.807, 2.05) is 12.1 Å². The summed E-state index contributed by atoms with van der Waals surface area (Å²) in [5.41, 5.74) is 6.76. The van der Waals surface area contributed by atoms with Gasteiger partial charge in [0.15, 0.2) is 0 Å². The Morgan fingerprint density at radius 1 is 1.31 bits per heavy atom. The topological polar surface area (TPSA) is 55.1 Å². The van der Waals surface area contributed by atoms with Gasteiger partial charge in [-0.05, 0) is 36.6 Å². The Balaban J connectivity index is 2.71. The first-order chi connectivity index (χ1) is 7.54. The highest BCUT2D eigenvalue weighted by atomic mass is 16.1. The third-order valence-electron chi connectivity index (χ3n) is 2.77. The largest absolute Gasteiger partial charge is 0.382 e. The maximum absolute atomic E-state index is 10.9. The fourth-order valence-electron chi connectivity index (χ4n) is 1.68. The Morgan fingerprint density at radius 3 is 2.25 bits per heavy atom. The molecule has 0 aliphatic rings. The summed E-state index contributed by atoms with van der Waals surface area (Å²) >= 11 is 0. The molecule has 1 amide bonds. The van der Waals surface area contributed by atoms with E-state index in [0.29, 0.717) is 17.5 Å². The summed E-state index contributed by atoms with van der Waals surface area (Å²) < 4.78 is 0. The molecule has 0 aliphatic carbocycles. The van der Waals surface area contributed by atoms with Gasteiger partial charge in [0.2, 0.25) is 5.91 Å². The second-order valence-electron chi connectivity index (χ2n) is 4.34. The summed E-state index contributed by atoms with van der Waals surface area (Å²) in [5, 5.41) is 3.44. The van der Waals surface area contributed by atoms with Crippen LogP contribution in [0.1, 0.15) is 37.6 Å². The lowest BCUT2D eigenvalue weighted by atomic mass is 10.0. The van der Waals surface area contributed by atoms with Gasteiger partial charge >= 0.3 is 0 Å². The van der Waals surface area contributed by atoms with Crippen LogP contribution in [0.25, 0.3) is 0 Å². The minimum Gasteiger partial charge on any atom is -0.382 e. The van der Waals surface area contributed by atoms with Gasteiger partial charge in [-0.25, -0.2) is 0 Å².